The molecule has 0 aliphatic carbocycles. The Labute approximate surface area is 96.6 Å². The molecule has 2 atom stereocenters. The minimum atomic E-state index is -0.379. The Kier molecular flexibility index (Phi) is 3.30. The number of hydrogen-bond acceptors (Lipinski definition) is 2. The Morgan fingerprint density at radius 2 is 2.31 bits per heavy atom. The summed E-state index contributed by atoms with van der Waals surface area (Å²) in [4.78, 5) is 0. The highest BCUT2D eigenvalue weighted by molar-refractivity contribution is 5.40. The lowest BCUT2D eigenvalue weighted by molar-refractivity contribution is 0.128. The standard InChI is InChI=1S/C14H18O2/c1-3-10(2)8-13(15)12-9-16-14-7-5-4-6-11(12)14/h4-7,12-13,15H,2-3,8-9H2,1H3. The van der Waals surface area contributed by atoms with Gasteiger partial charge in [0.25, 0.3) is 0 Å². The van der Waals surface area contributed by atoms with Crippen LogP contribution in [0.5, 0.6) is 5.75 Å². The molecule has 2 unspecified atom stereocenters. The third-order valence-corrected chi connectivity index (χ3v) is 3.20. The smallest absolute Gasteiger partial charge is 0.123 e. The van der Waals surface area contributed by atoms with Crippen LogP contribution in [0, 0.1) is 0 Å². The number of aliphatic hydroxyl groups is 1. The highest BCUT2D eigenvalue weighted by Gasteiger charge is 2.29. The van der Waals surface area contributed by atoms with Crippen LogP contribution in [0.4, 0.5) is 0 Å². The molecule has 1 aliphatic heterocycles. The Morgan fingerprint density at radius 1 is 1.56 bits per heavy atom. The molecule has 0 radical (unpaired) electrons. The zero-order valence-corrected chi connectivity index (χ0v) is 9.65. The summed E-state index contributed by atoms with van der Waals surface area (Å²) in [5.74, 6) is 1.01. The first kappa shape index (κ1) is 11.2. The van der Waals surface area contributed by atoms with Gasteiger partial charge in [0.15, 0.2) is 0 Å². The second kappa shape index (κ2) is 4.71. The molecule has 2 nitrogen and oxygen atoms in total. The van der Waals surface area contributed by atoms with E-state index in [1.54, 1.807) is 0 Å². The molecule has 1 heterocycles. The average Bonchev–Trinajstić information content (AvgIpc) is 2.72. The van der Waals surface area contributed by atoms with Gasteiger partial charge in [0, 0.05) is 11.5 Å². The first-order valence-electron chi connectivity index (χ1n) is 5.78. The van der Waals surface area contributed by atoms with Gasteiger partial charge in [-0.1, -0.05) is 37.3 Å². The van der Waals surface area contributed by atoms with Gasteiger partial charge in [-0.05, 0) is 18.9 Å². The van der Waals surface area contributed by atoms with Gasteiger partial charge in [-0.2, -0.15) is 0 Å². The molecule has 1 aliphatic rings. The fourth-order valence-corrected chi connectivity index (χ4v) is 2.09. The van der Waals surface area contributed by atoms with E-state index in [2.05, 4.69) is 13.5 Å². The number of para-hydroxylation sites is 1. The summed E-state index contributed by atoms with van der Waals surface area (Å²) in [6.45, 7) is 6.58. The third-order valence-electron chi connectivity index (χ3n) is 3.20. The normalized spacial score (nSPS) is 20.0. The van der Waals surface area contributed by atoms with E-state index in [9.17, 15) is 5.11 Å². The van der Waals surface area contributed by atoms with Crippen molar-refractivity contribution in [2.75, 3.05) is 6.61 Å². The molecule has 0 spiro atoms. The quantitative estimate of drug-likeness (QED) is 0.787. The van der Waals surface area contributed by atoms with Crippen LogP contribution in [0.1, 0.15) is 31.2 Å². The van der Waals surface area contributed by atoms with E-state index < -0.39 is 0 Å². The molecule has 0 fully saturated rings. The van der Waals surface area contributed by atoms with Crippen LogP contribution in [0.3, 0.4) is 0 Å². The van der Waals surface area contributed by atoms with Crippen molar-refractivity contribution in [1.29, 1.82) is 0 Å². The lowest BCUT2D eigenvalue weighted by Gasteiger charge is -2.17. The molecular formula is C14H18O2. The summed E-state index contributed by atoms with van der Waals surface area (Å²) >= 11 is 0. The zero-order valence-electron chi connectivity index (χ0n) is 9.65. The van der Waals surface area contributed by atoms with Gasteiger partial charge in [0.1, 0.15) is 5.75 Å². The number of fused-ring (bicyclic) bond motifs is 1. The Balaban J connectivity index is 2.10. The van der Waals surface area contributed by atoms with Crippen LogP contribution in [0.25, 0.3) is 0 Å². The molecule has 0 saturated carbocycles. The molecule has 2 rings (SSSR count). The summed E-state index contributed by atoms with van der Waals surface area (Å²) in [6, 6.07) is 7.93. The molecule has 1 aromatic rings. The van der Waals surface area contributed by atoms with Crippen molar-refractivity contribution in [3.8, 4) is 5.75 Å². The topological polar surface area (TPSA) is 29.5 Å². The van der Waals surface area contributed by atoms with Crippen molar-refractivity contribution in [3.05, 3.63) is 42.0 Å². The van der Waals surface area contributed by atoms with Crippen LogP contribution in [-0.4, -0.2) is 17.8 Å². The van der Waals surface area contributed by atoms with Crippen LogP contribution in [-0.2, 0) is 0 Å². The van der Waals surface area contributed by atoms with E-state index in [0.29, 0.717) is 13.0 Å². The summed E-state index contributed by atoms with van der Waals surface area (Å²) in [5, 5.41) is 10.2. The number of ether oxygens (including phenoxy) is 1. The SMILES string of the molecule is C=C(CC)CC(O)C1COc2ccccc21. The molecule has 1 aromatic carbocycles. The number of rotatable bonds is 4. The summed E-state index contributed by atoms with van der Waals surface area (Å²) in [7, 11) is 0. The summed E-state index contributed by atoms with van der Waals surface area (Å²) in [6.07, 6.45) is 1.21. The van der Waals surface area contributed by atoms with E-state index >= 15 is 0 Å². The number of benzene rings is 1. The lowest BCUT2D eigenvalue weighted by atomic mass is 9.91. The maximum absolute atomic E-state index is 10.2. The van der Waals surface area contributed by atoms with E-state index in [1.165, 1.54) is 0 Å². The summed E-state index contributed by atoms with van der Waals surface area (Å²) in [5.41, 5.74) is 2.22. The van der Waals surface area contributed by atoms with Crippen LogP contribution in [0.15, 0.2) is 36.4 Å². The number of hydrogen-bond donors (Lipinski definition) is 1. The van der Waals surface area contributed by atoms with Gasteiger partial charge in [-0.25, -0.2) is 0 Å². The van der Waals surface area contributed by atoms with E-state index in [-0.39, 0.29) is 12.0 Å². The Morgan fingerprint density at radius 3 is 3.06 bits per heavy atom. The first-order valence-corrected chi connectivity index (χ1v) is 5.78. The first-order chi connectivity index (χ1) is 7.72. The van der Waals surface area contributed by atoms with Gasteiger partial charge in [0.2, 0.25) is 0 Å². The van der Waals surface area contributed by atoms with Gasteiger partial charge in [-0.15, -0.1) is 0 Å². The molecular weight excluding hydrogens is 200 g/mol. The molecule has 0 bridgehead atoms. The fourth-order valence-electron chi connectivity index (χ4n) is 2.09. The van der Waals surface area contributed by atoms with E-state index in [4.69, 9.17) is 4.74 Å². The van der Waals surface area contributed by atoms with Gasteiger partial charge in [-0.3, -0.25) is 0 Å². The van der Waals surface area contributed by atoms with Gasteiger partial charge >= 0.3 is 0 Å². The number of aliphatic hydroxyl groups excluding tert-OH is 1. The van der Waals surface area contributed by atoms with Crippen molar-refractivity contribution in [1.82, 2.24) is 0 Å². The molecule has 0 aromatic heterocycles. The predicted octanol–water partition coefficient (Wildman–Crippen LogP) is 2.88. The summed E-state index contributed by atoms with van der Waals surface area (Å²) < 4.78 is 5.56. The van der Waals surface area contributed by atoms with Gasteiger partial charge in [0.05, 0.1) is 12.7 Å². The molecule has 86 valence electrons. The molecule has 0 saturated heterocycles. The largest absolute Gasteiger partial charge is 0.493 e. The van der Waals surface area contributed by atoms with Crippen LogP contribution in [0.2, 0.25) is 0 Å². The van der Waals surface area contributed by atoms with Crippen LogP contribution < -0.4 is 4.74 Å². The highest BCUT2D eigenvalue weighted by Crippen LogP contribution is 2.37. The monoisotopic (exact) mass is 218 g/mol. The minimum absolute atomic E-state index is 0.0968. The lowest BCUT2D eigenvalue weighted by Crippen LogP contribution is -2.20. The molecule has 0 amide bonds. The van der Waals surface area contributed by atoms with Crippen LogP contribution >= 0.6 is 0 Å². The predicted molar refractivity (Wildman–Crippen MR) is 64.7 cm³/mol. The second-order valence-electron chi connectivity index (χ2n) is 4.33. The van der Waals surface area contributed by atoms with E-state index in [0.717, 1.165) is 23.3 Å². The van der Waals surface area contributed by atoms with Crippen molar-refractivity contribution in [2.24, 2.45) is 0 Å². The van der Waals surface area contributed by atoms with Crippen molar-refractivity contribution < 1.29 is 9.84 Å². The van der Waals surface area contributed by atoms with Crippen molar-refractivity contribution in [2.45, 2.75) is 31.8 Å². The van der Waals surface area contributed by atoms with Gasteiger partial charge < -0.3 is 9.84 Å². The Bertz CT molecular complexity index is 384. The zero-order chi connectivity index (χ0) is 11.5. The van der Waals surface area contributed by atoms with Crippen molar-refractivity contribution in [3.63, 3.8) is 0 Å². The minimum Gasteiger partial charge on any atom is -0.493 e. The third kappa shape index (κ3) is 2.12. The Hall–Kier alpha value is -1.28. The van der Waals surface area contributed by atoms with Crippen molar-refractivity contribution >= 4 is 0 Å². The maximum Gasteiger partial charge on any atom is 0.123 e. The molecule has 1 N–H and O–H groups in total. The molecule has 16 heavy (non-hydrogen) atoms. The van der Waals surface area contributed by atoms with E-state index in [1.807, 2.05) is 24.3 Å². The average molecular weight is 218 g/mol. The highest BCUT2D eigenvalue weighted by atomic mass is 16.5. The molecule has 2 heteroatoms. The maximum atomic E-state index is 10.2. The second-order valence-corrected chi connectivity index (χ2v) is 4.33. The fraction of sp³-hybridized carbons (Fsp3) is 0.429.